The molecule has 0 saturated carbocycles. The van der Waals surface area contributed by atoms with E-state index in [1.54, 1.807) is 68.5 Å². The first-order chi connectivity index (χ1) is 23.1. The summed E-state index contributed by atoms with van der Waals surface area (Å²) in [6, 6.07) is 17.6. The smallest absolute Gasteiger partial charge is 0.336 e. The van der Waals surface area contributed by atoms with E-state index in [4.69, 9.17) is 30.5 Å². The Labute approximate surface area is 280 Å². The summed E-state index contributed by atoms with van der Waals surface area (Å²) in [5.74, 6) is -2.66. The number of carbonyl (C=O) groups excluding carboxylic acids is 3. The quantitative estimate of drug-likeness (QED) is 0.200. The molecule has 1 amide bonds. The van der Waals surface area contributed by atoms with E-state index in [9.17, 15) is 19.6 Å². The second-order valence-electron chi connectivity index (χ2n) is 10.4. The fourth-order valence-electron chi connectivity index (χ4n) is 4.55. The lowest BCUT2D eigenvalue weighted by Crippen LogP contribution is -2.27. The molecule has 0 radical (unpaired) electrons. The Morgan fingerprint density at radius 1 is 1.02 bits per heavy atom. The van der Waals surface area contributed by atoms with E-state index in [-0.39, 0.29) is 42.6 Å². The average molecular weight is 669 g/mol. The van der Waals surface area contributed by atoms with Crippen LogP contribution in [0.15, 0.2) is 84.5 Å². The van der Waals surface area contributed by atoms with Crippen LogP contribution >= 0.6 is 11.6 Å². The van der Waals surface area contributed by atoms with Crippen LogP contribution in [-0.2, 0) is 30.5 Å². The van der Waals surface area contributed by atoms with Crippen molar-refractivity contribution in [3.05, 3.63) is 101 Å². The molecule has 4 aromatic rings. The number of carbonyl (C=O) groups is 3. The first-order valence-corrected chi connectivity index (χ1v) is 14.9. The van der Waals surface area contributed by atoms with E-state index in [2.05, 4.69) is 26.7 Å². The number of likely N-dealkylation sites (N-methyl/N-ethyl adjacent to an activating group) is 1. The minimum atomic E-state index is -0.915. The Bertz CT molecular complexity index is 1990. The van der Waals surface area contributed by atoms with Crippen molar-refractivity contribution in [3.63, 3.8) is 0 Å². The minimum Gasteiger partial charge on any atom is -0.486 e. The highest BCUT2D eigenvalue weighted by Gasteiger charge is 2.26. The molecule has 13 nitrogen and oxygen atoms in total. The lowest BCUT2D eigenvalue weighted by atomic mass is 10.1. The Kier molecular flexibility index (Phi) is 10.5. The molecule has 0 atom stereocenters. The second kappa shape index (κ2) is 15.1. The number of halogens is 1. The van der Waals surface area contributed by atoms with Crippen molar-refractivity contribution in [2.75, 3.05) is 37.9 Å². The van der Waals surface area contributed by atoms with Gasteiger partial charge in [-0.1, -0.05) is 17.7 Å². The maximum atomic E-state index is 13.4. The van der Waals surface area contributed by atoms with Crippen molar-refractivity contribution in [1.82, 2.24) is 14.9 Å². The molecule has 1 aliphatic rings. The number of ether oxygens (including phenoxy) is 4. The highest BCUT2D eigenvalue weighted by molar-refractivity contribution is 6.32. The summed E-state index contributed by atoms with van der Waals surface area (Å²) in [6.07, 6.45) is 3.46. The molecule has 0 unspecified atom stereocenters. The zero-order valence-electron chi connectivity index (χ0n) is 26.1. The molecule has 14 heteroatoms. The standard InChI is InChI=1S/C34H29ClN6O7/c1-4-45-34-24(17-36)31(38-20-9-11-27(25(35)15-20)46-19-22-7-5-6-14-37-22)23-10-8-21(16-26(23)40-34)39-33(44)32-28(18-41(2)3)47-29(42)12-13-30(43)48-32/h5-16H,4,18-19H2,1-3H3,(H,38,40)(H,39,44)/b13-12-,32-28+. The summed E-state index contributed by atoms with van der Waals surface area (Å²) in [6.45, 7) is 2.23. The molecule has 2 N–H and O–H groups in total. The Morgan fingerprint density at radius 3 is 2.48 bits per heavy atom. The van der Waals surface area contributed by atoms with Gasteiger partial charge >= 0.3 is 11.9 Å². The number of aromatic nitrogens is 2. The van der Waals surface area contributed by atoms with Gasteiger partial charge < -0.3 is 34.5 Å². The van der Waals surface area contributed by atoms with Crippen LogP contribution in [0.3, 0.4) is 0 Å². The number of benzene rings is 2. The average Bonchev–Trinajstić information content (AvgIpc) is 3.05. The summed E-state index contributed by atoms with van der Waals surface area (Å²) >= 11 is 6.55. The number of nitrogens with zero attached hydrogens (tertiary/aromatic N) is 4. The van der Waals surface area contributed by atoms with Crippen LogP contribution < -0.4 is 20.1 Å². The minimum absolute atomic E-state index is 0.0000726. The third-order valence-corrected chi connectivity index (χ3v) is 6.90. The summed E-state index contributed by atoms with van der Waals surface area (Å²) in [5, 5.41) is 16.9. The van der Waals surface area contributed by atoms with Gasteiger partial charge in [-0.3, -0.25) is 9.78 Å². The molecular formula is C34H29ClN6O7. The summed E-state index contributed by atoms with van der Waals surface area (Å²) < 4.78 is 22.0. The third-order valence-electron chi connectivity index (χ3n) is 6.61. The number of nitrogens with one attached hydrogen (secondary N) is 2. The van der Waals surface area contributed by atoms with Crippen LogP contribution in [0.5, 0.6) is 11.6 Å². The first-order valence-electron chi connectivity index (χ1n) is 14.6. The monoisotopic (exact) mass is 668 g/mol. The number of fused-ring (bicyclic) bond motifs is 1. The van der Waals surface area contributed by atoms with E-state index in [1.165, 1.54) is 0 Å². The first kappa shape index (κ1) is 33.4. The van der Waals surface area contributed by atoms with Crippen LogP contribution in [-0.4, -0.2) is 60.0 Å². The molecule has 1 aliphatic heterocycles. The fraction of sp³-hybridized carbons (Fsp3) is 0.176. The number of esters is 2. The van der Waals surface area contributed by atoms with Gasteiger partial charge in [0, 0.05) is 35.1 Å². The zero-order valence-corrected chi connectivity index (χ0v) is 26.8. The van der Waals surface area contributed by atoms with Crippen LogP contribution in [0.25, 0.3) is 10.9 Å². The van der Waals surface area contributed by atoms with Crippen molar-refractivity contribution >= 4 is 57.4 Å². The van der Waals surface area contributed by atoms with Crippen molar-refractivity contribution in [1.29, 1.82) is 5.26 Å². The number of amides is 1. The van der Waals surface area contributed by atoms with E-state index < -0.39 is 23.6 Å². The molecule has 48 heavy (non-hydrogen) atoms. The molecule has 2 aromatic heterocycles. The van der Waals surface area contributed by atoms with Crippen molar-refractivity contribution in [2.24, 2.45) is 0 Å². The van der Waals surface area contributed by atoms with Gasteiger partial charge in [-0.2, -0.15) is 5.26 Å². The number of hydrogen-bond donors (Lipinski definition) is 2. The Balaban J connectivity index is 1.46. The van der Waals surface area contributed by atoms with Crippen molar-refractivity contribution in [3.8, 4) is 17.7 Å². The zero-order chi connectivity index (χ0) is 34.2. The van der Waals surface area contributed by atoms with Gasteiger partial charge in [0.2, 0.25) is 11.6 Å². The molecule has 0 bridgehead atoms. The van der Waals surface area contributed by atoms with Gasteiger partial charge in [-0.15, -0.1) is 0 Å². The number of rotatable bonds is 11. The van der Waals surface area contributed by atoms with Crippen molar-refractivity contribution in [2.45, 2.75) is 13.5 Å². The fourth-order valence-corrected chi connectivity index (χ4v) is 4.79. The van der Waals surface area contributed by atoms with E-state index in [1.807, 2.05) is 18.2 Å². The highest BCUT2D eigenvalue weighted by atomic mass is 35.5. The normalized spacial score (nSPS) is 15.1. The largest absolute Gasteiger partial charge is 0.486 e. The van der Waals surface area contributed by atoms with Crippen LogP contribution in [0.2, 0.25) is 5.02 Å². The van der Waals surface area contributed by atoms with Gasteiger partial charge in [0.1, 0.15) is 24.0 Å². The molecule has 0 aliphatic carbocycles. The topological polar surface area (TPSA) is 165 Å². The molecule has 244 valence electrons. The maximum Gasteiger partial charge on any atom is 0.336 e. The van der Waals surface area contributed by atoms with E-state index in [0.717, 1.165) is 17.8 Å². The number of pyridine rings is 2. The Hall–Kier alpha value is -5.97. The molecule has 0 spiro atoms. The van der Waals surface area contributed by atoms with Crippen LogP contribution in [0.4, 0.5) is 17.1 Å². The second-order valence-corrected chi connectivity index (χ2v) is 10.9. The summed E-state index contributed by atoms with van der Waals surface area (Å²) in [4.78, 5) is 48.1. The van der Waals surface area contributed by atoms with Gasteiger partial charge in [0.25, 0.3) is 5.91 Å². The molecule has 3 heterocycles. The van der Waals surface area contributed by atoms with Gasteiger partial charge in [0.05, 0.1) is 35.1 Å². The van der Waals surface area contributed by atoms with E-state index >= 15 is 0 Å². The lowest BCUT2D eigenvalue weighted by Gasteiger charge is -2.19. The molecule has 0 saturated heterocycles. The summed E-state index contributed by atoms with van der Waals surface area (Å²) in [5.41, 5.74) is 2.49. The van der Waals surface area contributed by atoms with Gasteiger partial charge in [-0.05, 0) is 69.6 Å². The lowest BCUT2D eigenvalue weighted by molar-refractivity contribution is -0.142. The molecule has 2 aromatic carbocycles. The molecular weight excluding hydrogens is 640 g/mol. The number of nitriles is 1. The molecule has 0 fully saturated rings. The predicted molar refractivity (Wildman–Crippen MR) is 176 cm³/mol. The maximum absolute atomic E-state index is 13.4. The van der Waals surface area contributed by atoms with Crippen LogP contribution in [0, 0.1) is 11.3 Å². The number of cyclic esters (lactones) is 2. The number of hydrogen-bond acceptors (Lipinski definition) is 12. The summed E-state index contributed by atoms with van der Waals surface area (Å²) in [7, 11) is 3.39. The van der Waals surface area contributed by atoms with Gasteiger partial charge in [0.15, 0.2) is 5.76 Å². The Morgan fingerprint density at radius 2 is 1.79 bits per heavy atom. The molecule has 5 rings (SSSR count). The number of anilines is 3. The third kappa shape index (κ3) is 8.05. The van der Waals surface area contributed by atoms with Gasteiger partial charge in [-0.25, -0.2) is 14.6 Å². The SMILES string of the molecule is CCOc1nc2cc(NC(=O)/C3=C(/CN(C)C)OC(=O)/C=C\C(=O)O3)ccc2c(Nc2ccc(OCc3ccccn3)c(Cl)c2)c1C#N. The van der Waals surface area contributed by atoms with E-state index in [0.29, 0.717) is 33.0 Å². The predicted octanol–water partition coefficient (Wildman–Crippen LogP) is 5.24. The van der Waals surface area contributed by atoms with Crippen molar-refractivity contribution < 1.29 is 33.3 Å². The van der Waals surface area contributed by atoms with Crippen LogP contribution in [0.1, 0.15) is 18.2 Å². The highest BCUT2D eigenvalue weighted by Crippen LogP contribution is 2.37.